The summed E-state index contributed by atoms with van der Waals surface area (Å²) < 4.78 is 0. The van der Waals surface area contributed by atoms with Crippen LogP contribution in [0.1, 0.15) is 80.2 Å². The van der Waals surface area contributed by atoms with Crippen molar-refractivity contribution in [2.75, 3.05) is 20.1 Å². The van der Waals surface area contributed by atoms with Crippen molar-refractivity contribution < 1.29 is 28.8 Å². The van der Waals surface area contributed by atoms with E-state index in [2.05, 4.69) is 27.8 Å². The van der Waals surface area contributed by atoms with Gasteiger partial charge in [-0.25, -0.2) is 4.79 Å². The Morgan fingerprint density at radius 2 is 1.65 bits per heavy atom. The van der Waals surface area contributed by atoms with Gasteiger partial charge in [-0.2, -0.15) is 0 Å². The standard InChI is InChI=1S/C37H56N6O6/c1-11-12-18-25(29(45)32(47)38-20-19-26(44)42(10)21-23-16-14-13-15-17-23)39-31(46)28-27-24(37(27,8)9)22-43(28)33(48)30(35(2,3)4)40-34(49)41-36(5,6)7/h11,13-17,24-25,27-28,30H,1,12,18-22H2,2-10H3,(H,38,47)(H,39,46)(H2,40,41,49)/t24-,25-,27-,28-,30+/m0/s1. The maximum absolute atomic E-state index is 14.1. The lowest BCUT2D eigenvalue weighted by molar-refractivity contribution is -0.145. The van der Waals surface area contributed by atoms with Gasteiger partial charge in [0.1, 0.15) is 12.1 Å². The van der Waals surface area contributed by atoms with E-state index in [1.54, 1.807) is 18.0 Å². The molecule has 0 unspecified atom stereocenters. The molecule has 12 heteroatoms. The van der Waals surface area contributed by atoms with Crippen LogP contribution in [0.15, 0.2) is 43.0 Å². The quantitative estimate of drug-likeness (QED) is 0.175. The molecule has 0 aromatic heterocycles. The number of hydrogen-bond acceptors (Lipinski definition) is 6. The molecular weight excluding hydrogens is 624 g/mol. The van der Waals surface area contributed by atoms with Crippen LogP contribution in [0, 0.1) is 22.7 Å². The summed E-state index contributed by atoms with van der Waals surface area (Å²) in [6.45, 7) is 19.6. The summed E-state index contributed by atoms with van der Waals surface area (Å²) >= 11 is 0. The highest BCUT2D eigenvalue weighted by Crippen LogP contribution is 2.65. The molecular formula is C37H56N6O6. The summed E-state index contributed by atoms with van der Waals surface area (Å²) in [6.07, 6.45) is 2.09. The van der Waals surface area contributed by atoms with Gasteiger partial charge in [0.2, 0.25) is 23.5 Å². The lowest BCUT2D eigenvalue weighted by Crippen LogP contribution is -2.62. The van der Waals surface area contributed by atoms with Crippen LogP contribution in [-0.2, 0) is 30.5 Å². The highest BCUT2D eigenvalue weighted by Gasteiger charge is 2.70. The lowest BCUT2D eigenvalue weighted by Gasteiger charge is -2.38. The van der Waals surface area contributed by atoms with E-state index < -0.39 is 52.7 Å². The Labute approximate surface area is 291 Å². The van der Waals surface area contributed by atoms with E-state index in [0.29, 0.717) is 19.5 Å². The number of urea groups is 1. The molecule has 1 aromatic carbocycles. The molecule has 5 atom stereocenters. The SMILES string of the molecule is C=CCC[C@H](NC(=O)[C@@H]1[C@@H]2[C@H](CN1C(=O)[C@@H](NC(=O)NC(C)(C)C)C(C)(C)C)C2(C)C)C(=O)C(=O)NCCC(=O)N(C)Cc1ccccc1. The third-order valence-corrected chi connectivity index (χ3v) is 9.47. The number of Topliss-reactive ketones (excluding diaryl/α,β-unsaturated/α-hetero) is 1. The summed E-state index contributed by atoms with van der Waals surface area (Å²) in [7, 11) is 1.67. The molecule has 1 heterocycles. The predicted octanol–water partition coefficient (Wildman–Crippen LogP) is 3.17. The number of carbonyl (C=O) groups is 6. The fraction of sp³-hybridized carbons (Fsp3) is 0.622. The van der Waals surface area contributed by atoms with Crippen LogP contribution in [0.3, 0.4) is 0 Å². The van der Waals surface area contributed by atoms with Crippen LogP contribution in [0.5, 0.6) is 0 Å². The van der Waals surface area contributed by atoms with Gasteiger partial charge in [0.05, 0.1) is 6.04 Å². The fourth-order valence-corrected chi connectivity index (χ4v) is 6.61. The first-order chi connectivity index (χ1) is 22.7. The van der Waals surface area contributed by atoms with E-state index in [1.165, 1.54) is 4.90 Å². The number of piperidine rings is 1. The van der Waals surface area contributed by atoms with Crippen molar-refractivity contribution in [1.82, 2.24) is 31.1 Å². The van der Waals surface area contributed by atoms with E-state index in [-0.39, 0.29) is 48.5 Å². The lowest BCUT2D eigenvalue weighted by atomic mass is 9.85. The van der Waals surface area contributed by atoms with Gasteiger partial charge in [-0.05, 0) is 61.8 Å². The number of amides is 6. The molecule has 0 radical (unpaired) electrons. The van der Waals surface area contributed by atoms with Crippen molar-refractivity contribution in [3.8, 4) is 0 Å². The zero-order valence-corrected chi connectivity index (χ0v) is 30.6. The maximum atomic E-state index is 14.1. The average molecular weight is 681 g/mol. The molecule has 12 nitrogen and oxygen atoms in total. The Bertz CT molecular complexity index is 1410. The zero-order valence-electron chi connectivity index (χ0n) is 30.6. The molecule has 4 N–H and O–H groups in total. The molecule has 3 rings (SSSR count). The minimum atomic E-state index is -1.16. The monoisotopic (exact) mass is 680 g/mol. The Morgan fingerprint density at radius 3 is 2.22 bits per heavy atom. The Balaban J connectivity index is 1.70. The molecule has 6 amide bonds. The number of carbonyl (C=O) groups excluding carboxylic acids is 6. The van der Waals surface area contributed by atoms with E-state index in [9.17, 15) is 28.8 Å². The predicted molar refractivity (Wildman–Crippen MR) is 188 cm³/mol. The first kappa shape index (κ1) is 39.2. The fourth-order valence-electron chi connectivity index (χ4n) is 6.61. The van der Waals surface area contributed by atoms with Crippen molar-refractivity contribution in [3.05, 3.63) is 48.6 Å². The van der Waals surface area contributed by atoms with Gasteiger partial charge in [0.25, 0.3) is 5.91 Å². The summed E-state index contributed by atoms with van der Waals surface area (Å²) in [6, 6.07) is 6.05. The first-order valence-electron chi connectivity index (χ1n) is 17.1. The van der Waals surface area contributed by atoms with Crippen molar-refractivity contribution in [3.63, 3.8) is 0 Å². The number of benzene rings is 1. The Morgan fingerprint density at radius 1 is 1.02 bits per heavy atom. The van der Waals surface area contributed by atoms with Gasteiger partial charge >= 0.3 is 6.03 Å². The molecule has 1 saturated heterocycles. The summed E-state index contributed by atoms with van der Waals surface area (Å²) in [5, 5.41) is 11.0. The van der Waals surface area contributed by atoms with Crippen molar-refractivity contribution in [2.45, 2.75) is 105 Å². The van der Waals surface area contributed by atoms with E-state index in [1.807, 2.05) is 85.7 Å². The Hall–Kier alpha value is -4.22. The molecule has 1 aromatic rings. The second kappa shape index (κ2) is 15.6. The molecule has 270 valence electrons. The van der Waals surface area contributed by atoms with Gasteiger partial charge in [-0.3, -0.25) is 24.0 Å². The van der Waals surface area contributed by atoms with E-state index in [0.717, 1.165) is 5.56 Å². The summed E-state index contributed by atoms with van der Waals surface area (Å²) in [5.74, 6) is -2.92. The number of fused-ring (bicyclic) bond motifs is 1. The molecule has 49 heavy (non-hydrogen) atoms. The maximum Gasteiger partial charge on any atom is 0.315 e. The van der Waals surface area contributed by atoms with Crippen molar-refractivity contribution >= 4 is 35.4 Å². The molecule has 1 aliphatic carbocycles. The third-order valence-electron chi connectivity index (χ3n) is 9.47. The summed E-state index contributed by atoms with van der Waals surface area (Å²) in [4.78, 5) is 83.1. The molecule has 0 bridgehead atoms. The largest absolute Gasteiger partial charge is 0.349 e. The minimum absolute atomic E-state index is 0.0000876. The minimum Gasteiger partial charge on any atom is -0.349 e. The zero-order chi connectivity index (χ0) is 36.9. The van der Waals surface area contributed by atoms with Gasteiger partial charge < -0.3 is 31.1 Å². The van der Waals surface area contributed by atoms with Crippen LogP contribution < -0.4 is 21.3 Å². The van der Waals surface area contributed by atoms with Crippen molar-refractivity contribution in [1.29, 1.82) is 0 Å². The normalized spacial score (nSPS) is 20.6. The van der Waals surface area contributed by atoms with Crippen LogP contribution >= 0.6 is 0 Å². The van der Waals surface area contributed by atoms with Crippen molar-refractivity contribution in [2.24, 2.45) is 22.7 Å². The number of allylic oxidation sites excluding steroid dienone is 1. The molecule has 0 spiro atoms. The van der Waals surface area contributed by atoms with Gasteiger partial charge in [0, 0.05) is 38.6 Å². The Kier molecular flexibility index (Phi) is 12.4. The number of nitrogens with one attached hydrogen (secondary N) is 4. The number of ketones is 1. The molecule has 1 saturated carbocycles. The van der Waals surface area contributed by atoms with Crippen LogP contribution in [0.25, 0.3) is 0 Å². The molecule has 2 fully saturated rings. The van der Waals surface area contributed by atoms with Gasteiger partial charge in [0.15, 0.2) is 0 Å². The smallest absolute Gasteiger partial charge is 0.315 e. The average Bonchev–Trinajstić information content (AvgIpc) is 3.31. The highest BCUT2D eigenvalue weighted by molar-refractivity contribution is 6.38. The number of likely N-dealkylation sites (tertiary alicyclic amines) is 1. The van der Waals surface area contributed by atoms with Crippen LogP contribution in [0.4, 0.5) is 4.79 Å². The van der Waals surface area contributed by atoms with Gasteiger partial charge in [-0.15, -0.1) is 6.58 Å². The molecule has 2 aliphatic rings. The van der Waals surface area contributed by atoms with Gasteiger partial charge in [-0.1, -0.05) is 71.0 Å². The summed E-state index contributed by atoms with van der Waals surface area (Å²) in [5.41, 5.74) is -0.428. The number of hydrogen-bond donors (Lipinski definition) is 4. The second-order valence-electron chi connectivity index (χ2n) is 16.1. The number of nitrogens with zero attached hydrogens (tertiary/aromatic N) is 2. The van der Waals surface area contributed by atoms with Crippen LogP contribution in [0.2, 0.25) is 0 Å². The molecule has 1 aliphatic heterocycles. The van der Waals surface area contributed by atoms with E-state index >= 15 is 0 Å². The first-order valence-corrected chi connectivity index (χ1v) is 17.1. The second-order valence-corrected chi connectivity index (χ2v) is 16.1. The third kappa shape index (κ3) is 10.1. The van der Waals surface area contributed by atoms with E-state index in [4.69, 9.17) is 0 Å². The topological polar surface area (TPSA) is 157 Å². The van der Waals surface area contributed by atoms with Crippen LogP contribution in [-0.4, -0.2) is 89.0 Å². The highest BCUT2D eigenvalue weighted by atomic mass is 16.2. The number of rotatable bonds is 14.